The highest BCUT2D eigenvalue weighted by atomic mass is 15.1. The number of hydrogen-bond donors (Lipinski definition) is 0. The third kappa shape index (κ3) is 4.14. The Balaban J connectivity index is 1.43. The average molecular weight is 664 g/mol. The van der Waals surface area contributed by atoms with E-state index in [-0.39, 0.29) is 0 Å². The van der Waals surface area contributed by atoms with Crippen LogP contribution in [0.15, 0.2) is 176 Å². The number of para-hydroxylation sites is 4. The van der Waals surface area contributed by atoms with Crippen molar-refractivity contribution in [3.8, 4) is 39.7 Å². The lowest BCUT2D eigenvalue weighted by molar-refractivity contribution is 1.08. The Morgan fingerprint density at radius 2 is 0.865 bits per heavy atom. The summed E-state index contributed by atoms with van der Waals surface area (Å²) in [6.45, 7) is 0. The van der Waals surface area contributed by atoms with Crippen molar-refractivity contribution in [2.45, 2.75) is 0 Å². The predicted molar refractivity (Wildman–Crippen MR) is 214 cm³/mol. The molecule has 0 bridgehead atoms. The molecule has 4 heterocycles. The summed E-state index contributed by atoms with van der Waals surface area (Å²) in [7, 11) is 0. The van der Waals surface area contributed by atoms with Crippen LogP contribution < -0.4 is 0 Å². The monoisotopic (exact) mass is 663 g/mol. The normalized spacial score (nSPS) is 11.8. The van der Waals surface area contributed by atoms with Gasteiger partial charge in [-0.25, -0.2) is 15.0 Å². The zero-order valence-corrected chi connectivity index (χ0v) is 28.0. The lowest BCUT2D eigenvalue weighted by atomic mass is 9.99. The first kappa shape index (κ1) is 28.7. The molecule has 0 atom stereocenters. The third-order valence-corrected chi connectivity index (χ3v) is 10.3. The Morgan fingerprint density at radius 3 is 1.56 bits per heavy atom. The predicted octanol–water partition coefficient (Wildman–Crippen LogP) is 11.7. The number of nitrogens with zero attached hydrogens (tertiary/aromatic N) is 5. The maximum atomic E-state index is 5.53. The first-order chi connectivity index (χ1) is 25.8. The van der Waals surface area contributed by atoms with Gasteiger partial charge >= 0.3 is 0 Å². The van der Waals surface area contributed by atoms with E-state index < -0.39 is 0 Å². The van der Waals surface area contributed by atoms with Crippen molar-refractivity contribution in [2.24, 2.45) is 0 Å². The van der Waals surface area contributed by atoms with E-state index in [4.69, 9.17) is 15.0 Å². The molecule has 4 aromatic heterocycles. The fourth-order valence-corrected chi connectivity index (χ4v) is 8.04. The summed E-state index contributed by atoms with van der Waals surface area (Å²) in [6.07, 6.45) is 0. The van der Waals surface area contributed by atoms with Gasteiger partial charge in [0.15, 0.2) is 5.82 Å². The number of imidazole rings is 1. The van der Waals surface area contributed by atoms with Crippen molar-refractivity contribution >= 4 is 60.0 Å². The highest BCUT2D eigenvalue weighted by Gasteiger charge is 2.26. The van der Waals surface area contributed by atoms with E-state index in [1.165, 1.54) is 0 Å². The van der Waals surface area contributed by atoms with Crippen LogP contribution in [0.3, 0.4) is 0 Å². The number of hydrogen-bond acceptors (Lipinski definition) is 3. The van der Waals surface area contributed by atoms with Gasteiger partial charge in [-0.1, -0.05) is 152 Å². The van der Waals surface area contributed by atoms with E-state index in [9.17, 15) is 0 Å². The molecule has 0 aliphatic carbocycles. The minimum absolute atomic E-state index is 0.791. The quantitative estimate of drug-likeness (QED) is 0.176. The van der Waals surface area contributed by atoms with E-state index in [0.717, 1.165) is 99.8 Å². The molecule has 11 aromatic rings. The summed E-state index contributed by atoms with van der Waals surface area (Å²) < 4.78 is 4.73. The molecule has 0 radical (unpaired) electrons. The summed E-state index contributed by atoms with van der Waals surface area (Å²) in [5.41, 5.74) is 10.9. The molecule has 5 heteroatoms. The van der Waals surface area contributed by atoms with Crippen molar-refractivity contribution in [2.75, 3.05) is 0 Å². The van der Waals surface area contributed by atoms with Crippen molar-refractivity contribution in [3.63, 3.8) is 0 Å². The van der Waals surface area contributed by atoms with Crippen LogP contribution in [0.4, 0.5) is 0 Å². The van der Waals surface area contributed by atoms with Crippen LogP contribution >= 0.6 is 0 Å². The second kappa shape index (κ2) is 11.2. The van der Waals surface area contributed by atoms with E-state index >= 15 is 0 Å². The van der Waals surface area contributed by atoms with Crippen molar-refractivity contribution in [1.29, 1.82) is 0 Å². The summed E-state index contributed by atoms with van der Waals surface area (Å²) in [5.74, 6) is 1.70. The van der Waals surface area contributed by atoms with Gasteiger partial charge in [-0.3, -0.25) is 8.97 Å². The topological polar surface area (TPSA) is 48.0 Å². The molecule has 7 aromatic carbocycles. The second-order valence-electron chi connectivity index (χ2n) is 13.2. The minimum Gasteiger partial charge on any atom is -0.291 e. The van der Waals surface area contributed by atoms with Crippen LogP contribution in [0.5, 0.6) is 0 Å². The Bertz CT molecular complexity index is 3160. The van der Waals surface area contributed by atoms with Gasteiger partial charge in [-0.15, -0.1) is 0 Å². The molecule has 0 saturated heterocycles. The van der Waals surface area contributed by atoms with E-state index in [2.05, 4.69) is 161 Å². The molecule has 0 aliphatic rings. The van der Waals surface area contributed by atoms with Gasteiger partial charge in [-0.2, -0.15) is 0 Å². The molecule has 52 heavy (non-hydrogen) atoms. The molecule has 0 amide bonds. The Morgan fingerprint density at radius 1 is 0.346 bits per heavy atom. The second-order valence-corrected chi connectivity index (χ2v) is 13.2. The van der Waals surface area contributed by atoms with Crippen LogP contribution in [-0.2, 0) is 0 Å². The van der Waals surface area contributed by atoms with Crippen LogP contribution in [-0.4, -0.2) is 23.9 Å². The van der Waals surface area contributed by atoms with E-state index in [1.807, 2.05) is 24.3 Å². The van der Waals surface area contributed by atoms with Crippen molar-refractivity contribution < 1.29 is 0 Å². The molecule has 0 spiro atoms. The van der Waals surface area contributed by atoms with Crippen molar-refractivity contribution in [1.82, 2.24) is 23.9 Å². The first-order valence-corrected chi connectivity index (χ1v) is 17.6. The van der Waals surface area contributed by atoms with Gasteiger partial charge in [0.1, 0.15) is 11.5 Å². The average Bonchev–Trinajstić information content (AvgIpc) is 3.79. The van der Waals surface area contributed by atoms with Gasteiger partial charge in [-0.05, 0) is 29.7 Å². The van der Waals surface area contributed by atoms with Crippen LogP contribution in [0.2, 0.25) is 0 Å². The molecule has 0 aliphatic heterocycles. The standard InChI is InChI=1S/C47H29N5/c1-4-16-30(17-5-1)42-45-41-35(33-22-10-14-26-39(33)52(45)46(50-42)32-20-8-3-9-21-32)28-29-36-34-23-11-15-27-40(34)51(44(36)41)47-43(31-18-6-2-7-19-31)48-37-24-12-13-25-38(37)49-47/h1-29H. The van der Waals surface area contributed by atoms with E-state index in [1.54, 1.807) is 0 Å². The molecule has 0 N–H and O–H groups in total. The molecular formula is C47H29N5. The number of aromatic nitrogens is 5. The van der Waals surface area contributed by atoms with Gasteiger partial charge in [0.2, 0.25) is 0 Å². The number of benzene rings is 7. The highest BCUT2D eigenvalue weighted by Crippen LogP contribution is 2.45. The first-order valence-electron chi connectivity index (χ1n) is 17.6. The zero-order chi connectivity index (χ0) is 34.2. The fraction of sp³-hybridized carbons (Fsp3) is 0. The molecule has 0 saturated carbocycles. The van der Waals surface area contributed by atoms with Gasteiger partial charge in [0.05, 0.1) is 38.8 Å². The fourth-order valence-electron chi connectivity index (χ4n) is 8.04. The zero-order valence-electron chi connectivity index (χ0n) is 28.0. The molecule has 0 fully saturated rings. The summed E-state index contributed by atoms with van der Waals surface area (Å²) in [6, 6.07) is 61.6. The lowest BCUT2D eigenvalue weighted by Crippen LogP contribution is -2.04. The van der Waals surface area contributed by atoms with Crippen LogP contribution in [0.25, 0.3) is 99.8 Å². The SMILES string of the molecule is c1ccc(-c2nc3ccccc3nc2-n2c3ccccc3c3ccc4c5ccccc5n5c(-c6ccccc6)nc(-c6ccccc6)c5c4c32)cc1. The lowest BCUT2D eigenvalue weighted by Gasteiger charge is -2.17. The van der Waals surface area contributed by atoms with Gasteiger partial charge in [0.25, 0.3) is 0 Å². The Labute approximate surface area is 298 Å². The maximum Gasteiger partial charge on any atom is 0.165 e. The third-order valence-electron chi connectivity index (χ3n) is 10.3. The Hall–Kier alpha value is -7.11. The molecule has 242 valence electrons. The number of fused-ring (bicyclic) bond motifs is 11. The molecular weight excluding hydrogens is 635 g/mol. The summed E-state index contributed by atoms with van der Waals surface area (Å²) in [5, 5.41) is 5.74. The molecule has 0 unspecified atom stereocenters. The minimum atomic E-state index is 0.791. The summed E-state index contributed by atoms with van der Waals surface area (Å²) >= 11 is 0. The largest absolute Gasteiger partial charge is 0.291 e. The number of rotatable bonds is 4. The number of pyridine rings is 1. The summed E-state index contributed by atoms with van der Waals surface area (Å²) in [4.78, 5) is 16.3. The van der Waals surface area contributed by atoms with Gasteiger partial charge in [0, 0.05) is 38.2 Å². The maximum absolute atomic E-state index is 5.53. The van der Waals surface area contributed by atoms with Gasteiger partial charge < -0.3 is 0 Å². The molecule has 5 nitrogen and oxygen atoms in total. The van der Waals surface area contributed by atoms with Crippen LogP contribution in [0.1, 0.15) is 0 Å². The molecule has 11 rings (SSSR count). The highest BCUT2D eigenvalue weighted by molar-refractivity contribution is 6.28. The smallest absolute Gasteiger partial charge is 0.165 e. The Kier molecular flexibility index (Phi) is 6.18. The van der Waals surface area contributed by atoms with Crippen molar-refractivity contribution in [3.05, 3.63) is 176 Å². The van der Waals surface area contributed by atoms with Crippen LogP contribution in [0, 0.1) is 0 Å². The van der Waals surface area contributed by atoms with E-state index in [0.29, 0.717) is 0 Å².